The topological polar surface area (TPSA) is 44.4 Å². The number of nitrogens with zero attached hydrogens (tertiary/aromatic N) is 1. The number of carbonyl (C=O) groups is 1. The highest BCUT2D eigenvalue weighted by molar-refractivity contribution is 5.78. The highest BCUT2D eigenvalue weighted by Gasteiger charge is 2.21. The van der Waals surface area contributed by atoms with Crippen LogP contribution in [0.5, 0.6) is 0 Å². The van der Waals surface area contributed by atoms with Crippen molar-refractivity contribution in [2.75, 3.05) is 26.2 Å². The second-order valence-electron chi connectivity index (χ2n) is 4.77. The van der Waals surface area contributed by atoms with Crippen molar-refractivity contribution in [1.29, 1.82) is 0 Å². The number of likely N-dealkylation sites (N-methyl/N-ethyl adjacent to an activating group) is 1. The lowest BCUT2D eigenvalue weighted by Gasteiger charge is -2.33. The zero-order chi connectivity index (χ0) is 12.0. The first kappa shape index (κ1) is 13.5. The second kappa shape index (κ2) is 6.86. The molecule has 1 fully saturated rings. The molecule has 0 unspecified atom stereocenters. The van der Waals surface area contributed by atoms with Gasteiger partial charge in [0.05, 0.1) is 6.54 Å². The third-order valence-corrected chi connectivity index (χ3v) is 3.03. The minimum Gasteiger partial charge on any atom is -0.353 e. The summed E-state index contributed by atoms with van der Waals surface area (Å²) >= 11 is 0. The summed E-state index contributed by atoms with van der Waals surface area (Å²) in [7, 11) is 0. The highest BCUT2D eigenvalue weighted by Crippen LogP contribution is 2.10. The molecular weight excluding hydrogens is 202 g/mol. The van der Waals surface area contributed by atoms with Crippen LogP contribution in [0.1, 0.15) is 33.6 Å². The largest absolute Gasteiger partial charge is 0.353 e. The van der Waals surface area contributed by atoms with E-state index in [1.54, 1.807) is 0 Å². The Labute approximate surface area is 98.8 Å². The van der Waals surface area contributed by atoms with E-state index in [1.807, 2.05) is 13.8 Å². The summed E-state index contributed by atoms with van der Waals surface area (Å²) in [6.07, 6.45) is 2.31. The van der Waals surface area contributed by atoms with E-state index in [2.05, 4.69) is 22.5 Å². The van der Waals surface area contributed by atoms with E-state index in [0.717, 1.165) is 32.5 Å². The van der Waals surface area contributed by atoms with Gasteiger partial charge in [-0.1, -0.05) is 6.92 Å². The maximum Gasteiger partial charge on any atom is 0.234 e. The van der Waals surface area contributed by atoms with Crippen LogP contribution in [0.4, 0.5) is 0 Å². The average Bonchev–Trinajstić information content (AvgIpc) is 2.26. The van der Waals surface area contributed by atoms with Crippen molar-refractivity contribution in [3.05, 3.63) is 0 Å². The Kier molecular flexibility index (Phi) is 5.77. The molecule has 2 N–H and O–H groups in total. The quantitative estimate of drug-likeness (QED) is 0.722. The number of hydrogen-bond donors (Lipinski definition) is 2. The monoisotopic (exact) mass is 227 g/mol. The molecule has 1 rings (SSSR count). The van der Waals surface area contributed by atoms with E-state index in [9.17, 15) is 4.79 Å². The third-order valence-electron chi connectivity index (χ3n) is 3.03. The zero-order valence-electron chi connectivity index (χ0n) is 10.8. The number of carbonyl (C=O) groups excluding carboxylic acids is 1. The van der Waals surface area contributed by atoms with Crippen LogP contribution in [-0.4, -0.2) is 49.1 Å². The zero-order valence-corrected chi connectivity index (χ0v) is 10.8. The SMILES string of the molecule is CCN(CC(=O)NC(C)C)C1CCNCC1. The van der Waals surface area contributed by atoms with Gasteiger partial charge < -0.3 is 10.6 Å². The maximum atomic E-state index is 11.7. The van der Waals surface area contributed by atoms with Gasteiger partial charge in [0.15, 0.2) is 0 Å². The number of amides is 1. The molecule has 0 atom stereocenters. The van der Waals surface area contributed by atoms with Crippen LogP contribution in [0.15, 0.2) is 0 Å². The van der Waals surface area contributed by atoms with Gasteiger partial charge in [0.25, 0.3) is 0 Å². The molecule has 1 aliphatic rings. The van der Waals surface area contributed by atoms with Gasteiger partial charge in [0.2, 0.25) is 5.91 Å². The Bertz CT molecular complexity index is 212. The Morgan fingerprint density at radius 3 is 2.56 bits per heavy atom. The summed E-state index contributed by atoms with van der Waals surface area (Å²) < 4.78 is 0. The van der Waals surface area contributed by atoms with Gasteiger partial charge in [-0.3, -0.25) is 9.69 Å². The van der Waals surface area contributed by atoms with Gasteiger partial charge in [-0.05, 0) is 46.3 Å². The fourth-order valence-electron chi connectivity index (χ4n) is 2.22. The van der Waals surface area contributed by atoms with Crippen LogP contribution in [0.2, 0.25) is 0 Å². The molecule has 1 aliphatic heterocycles. The number of rotatable bonds is 5. The fourth-order valence-corrected chi connectivity index (χ4v) is 2.22. The maximum absolute atomic E-state index is 11.7. The lowest BCUT2D eigenvalue weighted by Crippen LogP contribution is -2.48. The first-order valence-electron chi connectivity index (χ1n) is 6.37. The van der Waals surface area contributed by atoms with Crippen LogP contribution >= 0.6 is 0 Å². The minimum atomic E-state index is 0.149. The van der Waals surface area contributed by atoms with Gasteiger partial charge in [0, 0.05) is 12.1 Å². The number of piperidine rings is 1. The second-order valence-corrected chi connectivity index (χ2v) is 4.77. The molecule has 0 saturated carbocycles. The summed E-state index contributed by atoms with van der Waals surface area (Å²) in [6.45, 7) is 9.78. The minimum absolute atomic E-state index is 0.149. The normalized spacial score (nSPS) is 18.1. The van der Waals surface area contributed by atoms with Gasteiger partial charge >= 0.3 is 0 Å². The van der Waals surface area contributed by atoms with Gasteiger partial charge in [-0.15, -0.1) is 0 Å². The predicted molar refractivity (Wildman–Crippen MR) is 66.4 cm³/mol. The number of hydrogen-bond acceptors (Lipinski definition) is 3. The van der Waals surface area contributed by atoms with Crippen LogP contribution in [0, 0.1) is 0 Å². The van der Waals surface area contributed by atoms with Crippen molar-refractivity contribution in [3.8, 4) is 0 Å². The highest BCUT2D eigenvalue weighted by atomic mass is 16.2. The molecule has 16 heavy (non-hydrogen) atoms. The van der Waals surface area contributed by atoms with Crippen molar-refractivity contribution in [2.24, 2.45) is 0 Å². The molecule has 1 amide bonds. The van der Waals surface area contributed by atoms with E-state index >= 15 is 0 Å². The lowest BCUT2D eigenvalue weighted by atomic mass is 10.0. The lowest BCUT2D eigenvalue weighted by molar-refractivity contribution is -0.123. The Morgan fingerprint density at radius 1 is 1.44 bits per heavy atom. The van der Waals surface area contributed by atoms with E-state index < -0.39 is 0 Å². The summed E-state index contributed by atoms with van der Waals surface area (Å²) in [4.78, 5) is 14.0. The smallest absolute Gasteiger partial charge is 0.234 e. The predicted octanol–water partition coefficient (Wildman–Crippen LogP) is 0.585. The molecule has 0 radical (unpaired) electrons. The van der Waals surface area contributed by atoms with Crippen molar-refractivity contribution >= 4 is 5.91 Å². The first-order chi connectivity index (χ1) is 7.63. The van der Waals surface area contributed by atoms with E-state index in [-0.39, 0.29) is 11.9 Å². The first-order valence-corrected chi connectivity index (χ1v) is 6.37. The van der Waals surface area contributed by atoms with Gasteiger partial charge in [-0.2, -0.15) is 0 Å². The molecule has 0 aromatic heterocycles. The molecule has 4 nitrogen and oxygen atoms in total. The van der Waals surface area contributed by atoms with Crippen LogP contribution in [0.25, 0.3) is 0 Å². The Balaban J connectivity index is 2.37. The third kappa shape index (κ3) is 4.49. The van der Waals surface area contributed by atoms with Crippen molar-refractivity contribution in [3.63, 3.8) is 0 Å². The fraction of sp³-hybridized carbons (Fsp3) is 0.917. The molecular formula is C12H25N3O. The van der Waals surface area contributed by atoms with Crippen molar-refractivity contribution in [1.82, 2.24) is 15.5 Å². The summed E-state index contributed by atoms with van der Waals surface area (Å²) in [5.74, 6) is 0.149. The van der Waals surface area contributed by atoms with E-state index in [4.69, 9.17) is 0 Å². The molecule has 4 heteroatoms. The van der Waals surface area contributed by atoms with Crippen molar-refractivity contribution < 1.29 is 4.79 Å². The Morgan fingerprint density at radius 2 is 2.06 bits per heavy atom. The summed E-state index contributed by atoms with van der Waals surface area (Å²) in [6, 6.07) is 0.809. The standard InChI is InChI=1S/C12H25N3O/c1-4-15(9-12(16)14-10(2)3)11-5-7-13-8-6-11/h10-11,13H,4-9H2,1-3H3,(H,14,16). The molecule has 0 bridgehead atoms. The van der Waals surface area contributed by atoms with Crippen molar-refractivity contribution in [2.45, 2.75) is 45.7 Å². The molecule has 1 heterocycles. The van der Waals surface area contributed by atoms with Crippen LogP contribution in [-0.2, 0) is 4.79 Å². The Hall–Kier alpha value is -0.610. The van der Waals surface area contributed by atoms with Gasteiger partial charge in [-0.25, -0.2) is 0 Å². The number of nitrogens with one attached hydrogen (secondary N) is 2. The molecule has 94 valence electrons. The van der Waals surface area contributed by atoms with Crippen LogP contribution < -0.4 is 10.6 Å². The molecule has 1 saturated heterocycles. The average molecular weight is 227 g/mol. The van der Waals surface area contributed by atoms with Crippen LogP contribution in [0.3, 0.4) is 0 Å². The summed E-state index contributed by atoms with van der Waals surface area (Å²) in [5.41, 5.74) is 0. The van der Waals surface area contributed by atoms with E-state index in [1.165, 1.54) is 0 Å². The van der Waals surface area contributed by atoms with Gasteiger partial charge in [0.1, 0.15) is 0 Å². The molecule has 0 aliphatic carbocycles. The summed E-state index contributed by atoms with van der Waals surface area (Å²) in [5, 5.41) is 6.30. The molecule has 0 aromatic rings. The molecule has 0 aromatic carbocycles. The molecule has 0 spiro atoms. The van der Waals surface area contributed by atoms with E-state index in [0.29, 0.717) is 12.6 Å².